The van der Waals surface area contributed by atoms with E-state index in [-0.39, 0.29) is 11.8 Å². The first kappa shape index (κ1) is 13.4. The van der Waals surface area contributed by atoms with Gasteiger partial charge < -0.3 is 14.8 Å². The van der Waals surface area contributed by atoms with Crippen LogP contribution in [-0.2, 0) is 4.79 Å². The molecule has 0 fully saturated rings. The Hall–Kier alpha value is -1.71. The molecule has 1 unspecified atom stereocenters. The maximum absolute atomic E-state index is 11.8. The summed E-state index contributed by atoms with van der Waals surface area (Å²) in [6, 6.07) is 5.30. The Labute approximate surface area is 102 Å². The van der Waals surface area contributed by atoms with Crippen LogP contribution in [0.5, 0.6) is 11.5 Å². The highest BCUT2D eigenvalue weighted by Gasteiger charge is 2.13. The van der Waals surface area contributed by atoms with Gasteiger partial charge in [-0.2, -0.15) is 0 Å². The van der Waals surface area contributed by atoms with Crippen molar-refractivity contribution in [2.75, 3.05) is 19.5 Å². The van der Waals surface area contributed by atoms with Crippen LogP contribution in [0.3, 0.4) is 0 Å². The number of methoxy groups -OCH3 is 2. The molecule has 17 heavy (non-hydrogen) atoms. The fraction of sp³-hybridized carbons (Fsp3) is 0.462. The zero-order chi connectivity index (χ0) is 12.8. The molecule has 0 bridgehead atoms. The first-order chi connectivity index (χ1) is 8.12. The molecule has 1 atom stereocenters. The Morgan fingerprint density at radius 1 is 1.35 bits per heavy atom. The third kappa shape index (κ3) is 3.37. The van der Waals surface area contributed by atoms with E-state index < -0.39 is 0 Å². The van der Waals surface area contributed by atoms with E-state index >= 15 is 0 Å². The summed E-state index contributed by atoms with van der Waals surface area (Å²) in [5.74, 6) is 1.28. The number of hydrogen-bond donors (Lipinski definition) is 1. The largest absolute Gasteiger partial charge is 0.497 e. The van der Waals surface area contributed by atoms with Crippen LogP contribution in [-0.4, -0.2) is 20.1 Å². The quantitative estimate of drug-likeness (QED) is 0.856. The van der Waals surface area contributed by atoms with Gasteiger partial charge >= 0.3 is 0 Å². The first-order valence-corrected chi connectivity index (χ1v) is 5.65. The predicted molar refractivity (Wildman–Crippen MR) is 67.6 cm³/mol. The van der Waals surface area contributed by atoms with Crippen LogP contribution in [0.4, 0.5) is 5.69 Å². The van der Waals surface area contributed by atoms with Gasteiger partial charge in [-0.15, -0.1) is 0 Å². The van der Waals surface area contributed by atoms with Crippen LogP contribution in [0.15, 0.2) is 18.2 Å². The van der Waals surface area contributed by atoms with Crippen molar-refractivity contribution < 1.29 is 14.3 Å². The third-order valence-electron chi connectivity index (χ3n) is 2.73. The number of benzene rings is 1. The first-order valence-electron chi connectivity index (χ1n) is 5.65. The third-order valence-corrected chi connectivity index (χ3v) is 2.73. The highest BCUT2D eigenvalue weighted by Crippen LogP contribution is 2.29. The smallest absolute Gasteiger partial charge is 0.227 e. The molecule has 1 rings (SSSR count). The lowest BCUT2D eigenvalue weighted by Crippen LogP contribution is -2.20. The van der Waals surface area contributed by atoms with E-state index in [1.807, 2.05) is 13.8 Å². The summed E-state index contributed by atoms with van der Waals surface area (Å²) in [7, 11) is 3.15. The maximum atomic E-state index is 11.8. The molecule has 0 aliphatic carbocycles. The van der Waals surface area contributed by atoms with E-state index in [0.717, 1.165) is 6.42 Å². The number of amides is 1. The molecule has 0 spiro atoms. The van der Waals surface area contributed by atoms with Crippen LogP contribution in [0.1, 0.15) is 20.3 Å². The second-order valence-corrected chi connectivity index (χ2v) is 3.86. The molecule has 4 heteroatoms. The van der Waals surface area contributed by atoms with Gasteiger partial charge in [-0.25, -0.2) is 0 Å². The summed E-state index contributed by atoms with van der Waals surface area (Å²) < 4.78 is 10.3. The number of nitrogens with one attached hydrogen (secondary N) is 1. The zero-order valence-electron chi connectivity index (χ0n) is 10.7. The van der Waals surface area contributed by atoms with Gasteiger partial charge in [0.25, 0.3) is 0 Å². The van der Waals surface area contributed by atoms with Crippen LogP contribution < -0.4 is 14.8 Å². The van der Waals surface area contributed by atoms with Gasteiger partial charge in [0.15, 0.2) is 0 Å². The van der Waals surface area contributed by atoms with E-state index in [4.69, 9.17) is 9.47 Å². The number of hydrogen-bond acceptors (Lipinski definition) is 3. The normalized spacial score (nSPS) is 11.8. The highest BCUT2D eigenvalue weighted by molar-refractivity contribution is 5.93. The Bertz CT molecular complexity index is 390. The minimum atomic E-state index is -0.0122. The minimum Gasteiger partial charge on any atom is -0.497 e. The van der Waals surface area contributed by atoms with Crippen molar-refractivity contribution in [1.29, 1.82) is 0 Å². The monoisotopic (exact) mass is 237 g/mol. The molecule has 0 aliphatic heterocycles. The molecule has 0 heterocycles. The van der Waals surface area contributed by atoms with Gasteiger partial charge in [0.05, 0.1) is 19.9 Å². The van der Waals surface area contributed by atoms with Crippen LogP contribution >= 0.6 is 0 Å². The van der Waals surface area contributed by atoms with Gasteiger partial charge in [-0.05, 0) is 18.6 Å². The number of anilines is 1. The number of carbonyl (C=O) groups excluding carboxylic acids is 1. The fourth-order valence-electron chi connectivity index (χ4n) is 1.34. The predicted octanol–water partition coefficient (Wildman–Crippen LogP) is 2.69. The molecule has 1 aromatic carbocycles. The number of ether oxygens (including phenoxy) is 2. The summed E-state index contributed by atoms with van der Waals surface area (Å²) >= 11 is 0. The molecular weight excluding hydrogens is 218 g/mol. The second-order valence-electron chi connectivity index (χ2n) is 3.86. The number of carbonyl (C=O) groups is 1. The molecule has 1 amide bonds. The van der Waals surface area contributed by atoms with E-state index in [1.54, 1.807) is 32.4 Å². The lowest BCUT2D eigenvalue weighted by Gasteiger charge is -2.13. The van der Waals surface area contributed by atoms with Crippen LogP contribution in [0, 0.1) is 5.92 Å². The topological polar surface area (TPSA) is 47.6 Å². The van der Waals surface area contributed by atoms with E-state index in [9.17, 15) is 4.79 Å². The second kappa shape index (κ2) is 6.13. The van der Waals surface area contributed by atoms with Crippen LogP contribution in [0.25, 0.3) is 0 Å². The van der Waals surface area contributed by atoms with Crippen molar-refractivity contribution in [3.05, 3.63) is 18.2 Å². The van der Waals surface area contributed by atoms with E-state index in [1.165, 1.54) is 0 Å². The van der Waals surface area contributed by atoms with Crippen molar-refractivity contribution in [2.24, 2.45) is 5.92 Å². The van der Waals surface area contributed by atoms with E-state index in [2.05, 4.69) is 5.32 Å². The Balaban J connectivity index is 2.87. The molecule has 1 N–H and O–H groups in total. The molecule has 4 nitrogen and oxygen atoms in total. The zero-order valence-corrected chi connectivity index (χ0v) is 10.7. The van der Waals surface area contributed by atoms with Crippen LogP contribution in [0.2, 0.25) is 0 Å². The standard InChI is InChI=1S/C13H19NO3/c1-5-9(2)13(15)14-11-7-6-10(16-3)8-12(11)17-4/h6-9H,5H2,1-4H3,(H,14,15). The fourth-order valence-corrected chi connectivity index (χ4v) is 1.34. The molecule has 0 aromatic heterocycles. The summed E-state index contributed by atoms with van der Waals surface area (Å²) in [5, 5.41) is 2.84. The Morgan fingerprint density at radius 2 is 2.06 bits per heavy atom. The molecular formula is C13H19NO3. The summed E-state index contributed by atoms with van der Waals surface area (Å²) in [6.07, 6.45) is 0.810. The van der Waals surface area contributed by atoms with E-state index in [0.29, 0.717) is 17.2 Å². The SMILES string of the molecule is CCC(C)C(=O)Nc1ccc(OC)cc1OC. The molecule has 1 aromatic rings. The molecule has 0 aliphatic rings. The van der Waals surface area contributed by atoms with Crippen molar-refractivity contribution in [3.8, 4) is 11.5 Å². The maximum Gasteiger partial charge on any atom is 0.227 e. The van der Waals surface area contributed by atoms with Crippen molar-refractivity contribution in [1.82, 2.24) is 0 Å². The van der Waals surface area contributed by atoms with Gasteiger partial charge in [0.1, 0.15) is 11.5 Å². The highest BCUT2D eigenvalue weighted by atomic mass is 16.5. The summed E-state index contributed by atoms with van der Waals surface area (Å²) in [5.41, 5.74) is 0.665. The summed E-state index contributed by atoms with van der Waals surface area (Å²) in [4.78, 5) is 11.8. The van der Waals surface area contributed by atoms with Crippen molar-refractivity contribution >= 4 is 11.6 Å². The molecule has 0 saturated carbocycles. The minimum absolute atomic E-state index is 0.00373. The molecule has 0 radical (unpaired) electrons. The lowest BCUT2D eigenvalue weighted by atomic mass is 10.1. The summed E-state index contributed by atoms with van der Waals surface area (Å²) in [6.45, 7) is 3.88. The number of rotatable bonds is 5. The average Bonchev–Trinajstić information content (AvgIpc) is 2.37. The molecule has 0 saturated heterocycles. The van der Waals surface area contributed by atoms with Crippen molar-refractivity contribution in [3.63, 3.8) is 0 Å². The van der Waals surface area contributed by atoms with Gasteiger partial charge in [0, 0.05) is 12.0 Å². The Morgan fingerprint density at radius 3 is 2.59 bits per heavy atom. The van der Waals surface area contributed by atoms with Gasteiger partial charge in [0.2, 0.25) is 5.91 Å². The lowest BCUT2D eigenvalue weighted by molar-refractivity contribution is -0.119. The Kier molecular flexibility index (Phi) is 4.82. The van der Waals surface area contributed by atoms with Gasteiger partial charge in [-0.3, -0.25) is 4.79 Å². The molecule has 94 valence electrons. The van der Waals surface area contributed by atoms with Gasteiger partial charge in [-0.1, -0.05) is 13.8 Å². The average molecular weight is 237 g/mol. The van der Waals surface area contributed by atoms with Crippen molar-refractivity contribution in [2.45, 2.75) is 20.3 Å².